The molecule has 0 spiro atoms. The summed E-state index contributed by atoms with van der Waals surface area (Å²) in [5, 5.41) is 2.65. The molecule has 37 heavy (non-hydrogen) atoms. The minimum atomic E-state index is -3.73. The van der Waals surface area contributed by atoms with E-state index in [1.165, 1.54) is 50.6 Å². The van der Waals surface area contributed by atoms with E-state index in [1.54, 1.807) is 31.4 Å². The zero-order valence-corrected chi connectivity index (χ0v) is 21.5. The van der Waals surface area contributed by atoms with Crippen molar-refractivity contribution in [3.8, 4) is 17.2 Å². The summed E-state index contributed by atoms with van der Waals surface area (Å²) in [5.74, 6) is 0.615. The molecule has 0 bridgehead atoms. The average Bonchev–Trinajstić information content (AvgIpc) is 2.92. The molecule has 3 aromatic rings. The summed E-state index contributed by atoms with van der Waals surface area (Å²) in [6.07, 6.45) is 0.460. The van der Waals surface area contributed by atoms with Gasteiger partial charge in [0.1, 0.15) is 5.75 Å². The van der Waals surface area contributed by atoms with Crippen LogP contribution in [0.5, 0.6) is 17.2 Å². The van der Waals surface area contributed by atoms with Gasteiger partial charge >= 0.3 is 5.97 Å². The topological polar surface area (TPSA) is 129 Å². The fraction of sp³-hybridized carbons (Fsp3) is 0.231. The molecule has 10 nitrogen and oxygen atoms in total. The van der Waals surface area contributed by atoms with E-state index in [0.717, 1.165) is 5.56 Å². The van der Waals surface area contributed by atoms with Gasteiger partial charge in [0, 0.05) is 12.2 Å². The Morgan fingerprint density at radius 2 is 1.51 bits per heavy atom. The van der Waals surface area contributed by atoms with E-state index in [4.69, 9.17) is 14.2 Å². The van der Waals surface area contributed by atoms with Crippen LogP contribution >= 0.6 is 0 Å². The molecule has 0 unspecified atom stereocenters. The largest absolute Gasteiger partial charge is 0.493 e. The number of hydrogen-bond donors (Lipinski definition) is 2. The summed E-state index contributed by atoms with van der Waals surface area (Å²) < 4.78 is 48.4. The summed E-state index contributed by atoms with van der Waals surface area (Å²) in [6, 6.07) is 17.4. The lowest BCUT2D eigenvalue weighted by Gasteiger charge is -2.11. The molecule has 2 N–H and O–H groups in total. The van der Waals surface area contributed by atoms with E-state index in [2.05, 4.69) is 14.8 Å². The van der Waals surface area contributed by atoms with Crippen LogP contribution in [0.25, 0.3) is 0 Å². The maximum atomic E-state index is 12.6. The SMILES string of the molecule is COC(=O)c1ccc(NC(=O)COc2ccc(S(=O)(=O)NCCc3ccc(OC)c(OC)c3)cc2)cc1. The van der Waals surface area contributed by atoms with Crippen LogP contribution in [0.4, 0.5) is 5.69 Å². The van der Waals surface area contributed by atoms with Crippen LogP contribution in [0.15, 0.2) is 71.6 Å². The Balaban J connectivity index is 1.48. The van der Waals surface area contributed by atoms with Gasteiger partial charge in [-0.3, -0.25) is 4.79 Å². The first-order chi connectivity index (χ1) is 17.7. The molecule has 196 valence electrons. The van der Waals surface area contributed by atoms with Crippen LogP contribution < -0.4 is 24.2 Å². The molecule has 1 amide bonds. The van der Waals surface area contributed by atoms with Gasteiger partial charge in [-0.05, 0) is 72.6 Å². The van der Waals surface area contributed by atoms with Crippen molar-refractivity contribution in [1.29, 1.82) is 0 Å². The number of esters is 1. The summed E-state index contributed by atoms with van der Waals surface area (Å²) in [7, 11) is 0.640. The predicted molar refractivity (Wildman–Crippen MR) is 137 cm³/mol. The van der Waals surface area contributed by atoms with Gasteiger partial charge in [-0.1, -0.05) is 6.07 Å². The van der Waals surface area contributed by atoms with E-state index in [9.17, 15) is 18.0 Å². The molecule has 0 aliphatic rings. The first-order valence-corrected chi connectivity index (χ1v) is 12.7. The van der Waals surface area contributed by atoms with E-state index >= 15 is 0 Å². The van der Waals surface area contributed by atoms with Gasteiger partial charge in [0.15, 0.2) is 18.1 Å². The van der Waals surface area contributed by atoms with E-state index in [-0.39, 0.29) is 18.0 Å². The van der Waals surface area contributed by atoms with Crippen molar-refractivity contribution in [3.05, 3.63) is 77.9 Å². The van der Waals surface area contributed by atoms with Crippen molar-refractivity contribution < 1.29 is 37.0 Å². The number of nitrogens with one attached hydrogen (secondary N) is 2. The van der Waals surface area contributed by atoms with Crippen LogP contribution in [0.3, 0.4) is 0 Å². The molecule has 0 aromatic heterocycles. The molecule has 0 saturated heterocycles. The van der Waals surface area contributed by atoms with Crippen molar-refractivity contribution in [2.45, 2.75) is 11.3 Å². The molecule has 0 aliphatic carbocycles. The summed E-state index contributed by atoms with van der Waals surface area (Å²) >= 11 is 0. The minimum Gasteiger partial charge on any atom is -0.493 e. The lowest BCUT2D eigenvalue weighted by atomic mass is 10.1. The van der Waals surface area contributed by atoms with Gasteiger partial charge in [-0.15, -0.1) is 0 Å². The first-order valence-electron chi connectivity index (χ1n) is 11.2. The maximum Gasteiger partial charge on any atom is 0.337 e. The van der Waals surface area contributed by atoms with Gasteiger partial charge in [0.25, 0.3) is 5.91 Å². The number of amides is 1. The highest BCUT2D eigenvalue weighted by atomic mass is 32.2. The highest BCUT2D eigenvalue weighted by molar-refractivity contribution is 7.89. The molecule has 3 rings (SSSR count). The van der Waals surface area contributed by atoms with Gasteiger partial charge < -0.3 is 24.3 Å². The molecule has 0 atom stereocenters. The minimum absolute atomic E-state index is 0.0716. The summed E-state index contributed by atoms with van der Waals surface area (Å²) in [5.41, 5.74) is 1.74. The number of carbonyl (C=O) groups excluding carboxylic acids is 2. The highest BCUT2D eigenvalue weighted by Gasteiger charge is 2.14. The number of methoxy groups -OCH3 is 3. The number of hydrogen-bond acceptors (Lipinski definition) is 8. The van der Waals surface area contributed by atoms with E-state index in [1.807, 2.05) is 6.07 Å². The standard InChI is InChI=1S/C26H28N2O8S/c1-33-23-13-4-18(16-24(23)34-2)14-15-27-37(31,32)22-11-9-21(10-12-22)36-17-25(29)28-20-7-5-19(6-8-20)26(30)35-3/h4-13,16,27H,14-15,17H2,1-3H3,(H,28,29). The highest BCUT2D eigenvalue weighted by Crippen LogP contribution is 2.27. The number of ether oxygens (including phenoxy) is 4. The maximum absolute atomic E-state index is 12.6. The summed E-state index contributed by atoms with van der Waals surface area (Å²) in [6.45, 7) is -0.0920. The zero-order chi connectivity index (χ0) is 26.8. The molecular weight excluding hydrogens is 500 g/mol. The van der Waals surface area contributed by atoms with Crippen LogP contribution in [0, 0.1) is 0 Å². The van der Waals surface area contributed by atoms with Gasteiger partial charge in [-0.2, -0.15) is 0 Å². The number of anilines is 1. The monoisotopic (exact) mass is 528 g/mol. The second kappa shape index (κ2) is 12.7. The fourth-order valence-corrected chi connectivity index (χ4v) is 4.35. The molecule has 0 radical (unpaired) electrons. The number of carbonyl (C=O) groups is 2. The third kappa shape index (κ3) is 7.69. The Hall–Kier alpha value is -4.09. The van der Waals surface area contributed by atoms with Crippen LogP contribution in [-0.2, 0) is 26.0 Å². The van der Waals surface area contributed by atoms with Crippen molar-refractivity contribution in [2.24, 2.45) is 0 Å². The first kappa shape index (κ1) is 27.5. The van der Waals surface area contributed by atoms with Gasteiger partial charge in [0.05, 0.1) is 31.8 Å². The lowest BCUT2D eigenvalue weighted by molar-refractivity contribution is -0.118. The molecular formula is C26H28N2O8S. The Morgan fingerprint density at radius 1 is 0.838 bits per heavy atom. The van der Waals surface area contributed by atoms with Crippen LogP contribution in [0.1, 0.15) is 15.9 Å². The number of sulfonamides is 1. The second-order valence-corrected chi connectivity index (χ2v) is 9.48. The number of benzene rings is 3. The second-order valence-electron chi connectivity index (χ2n) is 7.71. The van der Waals surface area contributed by atoms with Crippen LogP contribution in [0.2, 0.25) is 0 Å². The Labute approximate surface area is 215 Å². The van der Waals surface area contributed by atoms with E-state index < -0.39 is 21.9 Å². The van der Waals surface area contributed by atoms with Crippen molar-refractivity contribution in [3.63, 3.8) is 0 Å². The molecule has 3 aromatic carbocycles. The average molecular weight is 529 g/mol. The lowest BCUT2D eigenvalue weighted by Crippen LogP contribution is -2.26. The Kier molecular flexibility index (Phi) is 9.47. The van der Waals surface area contributed by atoms with Crippen molar-refractivity contribution >= 4 is 27.6 Å². The quantitative estimate of drug-likeness (QED) is 0.343. The Morgan fingerprint density at radius 3 is 2.14 bits per heavy atom. The molecule has 11 heteroatoms. The molecule has 0 saturated carbocycles. The van der Waals surface area contributed by atoms with Gasteiger partial charge in [-0.25, -0.2) is 17.9 Å². The third-order valence-corrected chi connectivity index (χ3v) is 6.72. The van der Waals surface area contributed by atoms with Crippen molar-refractivity contribution in [2.75, 3.05) is 39.8 Å². The summed E-state index contributed by atoms with van der Waals surface area (Å²) in [4.78, 5) is 23.7. The predicted octanol–water partition coefficient (Wildman–Crippen LogP) is 3.03. The normalized spacial score (nSPS) is 10.9. The van der Waals surface area contributed by atoms with Crippen molar-refractivity contribution in [1.82, 2.24) is 4.72 Å². The van der Waals surface area contributed by atoms with Gasteiger partial charge in [0.2, 0.25) is 10.0 Å². The molecule has 0 fully saturated rings. The van der Waals surface area contributed by atoms with E-state index in [0.29, 0.717) is 34.9 Å². The smallest absolute Gasteiger partial charge is 0.337 e. The number of rotatable bonds is 12. The fourth-order valence-electron chi connectivity index (χ4n) is 3.32. The Bertz CT molecular complexity index is 1320. The van der Waals surface area contributed by atoms with Crippen LogP contribution in [-0.4, -0.2) is 54.8 Å². The zero-order valence-electron chi connectivity index (χ0n) is 20.6. The molecule has 0 aliphatic heterocycles. The third-order valence-electron chi connectivity index (χ3n) is 5.25. The molecule has 0 heterocycles.